The molecule has 1 N–H and O–H groups in total. The summed E-state index contributed by atoms with van der Waals surface area (Å²) in [4.78, 5) is 16.6. The van der Waals surface area contributed by atoms with E-state index in [0.717, 1.165) is 11.3 Å². The third-order valence-electron chi connectivity index (χ3n) is 4.56. The summed E-state index contributed by atoms with van der Waals surface area (Å²) in [6.07, 6.45) is 3.29. The van der Waals surface area contributed by atoms with Gasteiger partial charge in [-0.3, -0.25) is 4.79 Å². The number of nitrogens with one attached hydrogen (secondary N) is 1. The Morgan fingerprint density at radius 2 is 2.29 bits per heavy atom. The molecule has 24 heavy (non-hydrogen) atoms. The summed E-state index contributed by atoms with van der Waals surface area (Å²) >= 11 is 0. The van der Waals surface area contributed by atoms with Crippen LogP contribution in [0.25, 0.3) is 11.3 Å². The van der Waals surface area contributed by atoms with Crippen LogP contribution < -0.4 is 10.1 Å². The molecule has 1 aliphatic carbocycles. The Kier molecular flexibility index (Phi) is 3.51. The normalized spacial score (nSPS) is 21.3. The largest absolute Gasteiger partial charge is 0.491 e. The molecule has 0 spiro atoms. The SMILES string of the molecule is O=C(NC1CCC(F)(F)C1)c1ccc2c(c1)-c1cncn1CCO2. The fourth-order valence-corrected chi connectivity index (χ4v) is 3.32. The molecule has 1 aromatic carbocycles. The number of carbonyl (C=O) groups is 1. The van der Waals surface area contributed by atoms with E-state index in [0.29, 0.717) is 30.9 Å². The lowest BCUT2D eigenvalue weighted by atomic mass is 10.1. The zero-order valence-electron chi connectivity index (χ0n) is 13.0. The lowest BCUT2D eigenvalue weighted by molar-refractivity contribution is 0.00711. The summed E-state index contributed by atoms with van der Waals surface area (Å²) in [7, 11) is 0. The number of aromatic nitrogens is 2. The number of rotatable bonds is 2. The van der Waals surface area contributed by atoms with E-state index in [1.165, 1.54) is 0 Å². The van der Waals surface area contributed by atoms with Gasteiger partial charge in [0.05, 0.1) is 24.8 Å². The van der Waals surface area contributed by atoms with Crippen LogP contribution in [0, 0.1) is 0 Å². The van der Waals surface area contributed by atoms with Gasteiger partial charge in [0.15, 0.2) is 0 Å². The minimum Gasteiger partial charge on any atom is -0.491 e. The molecule has 1 atom stereocenters. The minimum atomic E-state index is -2.67. The highest BCUT2D eigenvalue weighted by Crippen LogP contribution is 2.35. The van der Waals surface area contributed by atoms with Crippen molar-refractivity contribution in [2.24, 2.45) is 0 Å². The summed E-state index contributed by atoms with van der Waals surface area (Å²) in [5.41, 5.74) is 2.10. The lowest BCUT2D eigenvalue weighted by Gasteiger charge is -2.14. The number of hydrogen-bond acceptors (Lipinski definition) is 3. The van der Waals surface area contributed by atoms with Gasteiger partial charge >= 0.3 is 0 Å². The van der Waals surface area contributed by atoms with E-state index < -0.39 is 12.0 Å². The maximum Gasteiger partial charge on any atom is 0.251 e. The molecule has 1 aliphatic heterocycles. The molecule has 0 saturated heterocycles. The predicted molar refractivity (Wildman–Crippen MR) is 83.2 cm³/mol. The van der Waals surface area contributed by atoms with Crippen LogP contribution in [0.5, 0.6) is 5.75 Å². The highest BCUT2D eigenvalue weighted by Gasteiger charge is 2.40. The van der Waals surface area contributed by atoms with Crippen LogP contribution in [0.1, 0.15) is 29.6 Å². The first-order valence-electron chi connectivity index (χ1n) is 7.98. The van der Waals surface area contributed by atoms with Gasteiger partial charge in [-0.05, 0) is 24.6 Å². The zero-order valence-corrected chi connectivity index (χ0v) is 13.0. The number of carbonyl (C=O) groups excluding carboxylic acids is 1. The molecule has 1 fully saturated rings. The summed E-state index contributed by atoms with van der Waals surface area (Å²) in [5.74, 6) is -2.32. The van der Waals surface area contributed by atoms with Gasteiger partial charge in [-0.15, -0.1) is 0 Å². The molecule has 0 bridgehead atoms. The van der Waals surface area contributed by atoms with Crippen LogP contribution in [0.3, 0.4) is 0 Å². The summed E-state index contributed by atoms with van der Waals surface area (Å²) in [6, 6.07) is 4.66. The summed E-state index contributed by atoms with van der Waals surface area (Å²) < 4.78 is 34.2. The molecule has 1 unspecified atom stereocenters. The molecule has 5 nitrogen and oxygen atoms in total. The third kappa shape index (κ3) is 2.74. The van der Waals surface area contributed by atoms with Crippen molar-refractivity contribution >= 4 is 5.91 Å². The van der Waals surface area contributed by atoms with Gasteiger partial charge in [-0.25, -0.2) is 13.8 Å². The fraction of sp³-hybridized carbons (Fsp3) is 0.412. The number of ether oxygens (including phenoxy) is 1. The Morgan fingerprint density at radius 1 is 1.42 bits per heavy atom. The standard InChI is InChI=1S/C17H17F2N3O2/c18-17(19)4-3-12(8-17)21-16(23)11-1-2-15-13(7-11)14-9-20-10-22(14)5-6-24-15/h1-2,7,9-10,12H,3-6,8H2,(H,21,23). The molecule has 2 heterocycles. The van der Waals surface area contributed by atoms with Gasteiger partial charge in [0.25, 0.3) is 5.91 Å². The van der Waals surface area contributed by atoms with Gasteiger partial charge in [-0.1, -0.05) is 0 Å². The van der Waals surface area contributed by atoms with Crippen molar-refractivity contribution in [2.45, 2.75) is 37.8 Å². The molecule has 0 radical (unpaired) electrons. The summed E-state index contributed by atoms with van der Waals surface area (Å²) in [6.45, 7) is 1.21. The van der Waals surface area contributed by atoms with Gasteiger partial charge in [0.2, 0.25) is 5.92 Å². The monoisotopic (exact) mass is 333 g/mol. The Balaban J connectivity index is 1.59. The second-order valence-corrected chi connectivity index (χ2v) is 6.30. The second-order valence-electron chi connectivity index (χ2n) is 6.30. The van der Waals surface area contributed by atoms with Gasteiger partial charge in [-0.2, -0.15) is 0 Å². The molecule has 126 valence electrons. The van der Waals surface area contributed by atoms with E-state index >= 15 is 0 Å². The predicted octanol–water partition coefficient (Wildman–Crippen LogP) is 2.86. The average Bonchev–Trinajstić information content (AvgIpc) is 3.09. The first-order valence-corrected chi connectivity index (χ1v) is 7.98. The number of amides is 1. The van der Waals surface area contributed by atoms with E-state index in [2.05, 4.69) is 10.3 Å². The summed E-state index contributed by atoms with van der Waals surface area (Å²) in [5, 5.41) is 2.71. The molecule has 2 aliphatic rings. The highest BCUT2D eigenvalue weighted by molar-refractivity contribution is 5.96. The zero-order chi connectivity index (χ0) is 16.7. The molecule has 1 amide bonds. The van der Waals surface area contributed by atoms with E-state index in [-0.39, 0.29) is 18.7 Å². The number of imidazole rings is 1. The van der Waals surface area contributed by atoms with Gasteiger partial charge < -0.3 is 14.6 Å². The average molecular weight is 333 g/mol. The topological polar surface area (TPSA) is 56.2 Å². The van der Waals surface area contributed by atoms with E-state index in [9.17, 15) is 13.6 Å². The molecular weight excluding hydrogens is 316 g/mol. The van der Waals surface area contributed by atoms with E-state index in [1.54, 1.807) is 30.7 Å². The lowest BCUT2D eigenvalue weighted by Crippen LogP contribution is -2.33. The third-order valence-corrected chi connectivity index (χ3v) is 4.56. The smallest absolute Gasteiger partial charge is 0.251 e. The van der Waals surface area contributed by atoms with Crippen molar-refractivity contribution < 1.29 is 18.3 Å². The Hall–Kier alpha value is -2.44. The number of fused-ring (bicyclic) bond motifs is 3. The van der Waals surface area contributed by atoms with Crippen molar-refractivity contribution in [3.63, 3.8) is 0 Å². The quantitative estimate of drug-likeness (QED) is 0.919. The van der Waals surface area contributed by atoms with Crippen molar-refractivity contribution in [1.82, 2.24) is 14.9 Å². The van der Waals surface area contributed by atoms with Crippen molar-refractivity contribution in [1.29, 1.82) is 0 Å². The van der Waals surface area contributed by atoms with E-state index in [1.807, 2.05) is 4.57 Å². The number of alkyl halides is 2. The number of nitrogens with zero attached hydrogens (tertiary/aromatic N) is 2. The molecule has 2 aromatic rings. The minimum absolute atomic E-state index is 0.171. The van der Waals surface area contributed by atoms with Crippen LogP contribution in [-0.4, -0.2) is 34.0 Å². The van der Waals surface area contributed by atoms with Gasteiger partial charge in [0.1, 0.15) is 12.4 Å². The molecule has 1 aromatic heterocycles. The molecule has 1 saturated carbocycles. The van der Waals surface area contributed by atoms with Crippen LogP contribution in [0.15, 0.2) is 30.7 Å². The maximum atomic E-state index is 13.3. The van der Waals surface area contributed by atoms with Crippen molar-refractivity contribution in [3.05, 3.63) is 36.3 Å². The van der Waals surface area contributed by atoms with Crippen molar-refractivity contribution in [3.8, 4) is 17.0 Å². The highest BCUT2D eigenvalue weighted by atomic mass is 19.3. The van der Waals surface area contributed by atoms with E-state index in [4.69, 9.17) is 4.74 Å². The van der Waals surface area contributed by atoms with Crippen LogP contribution in [-0.2, 0) is 6.54 Å². The van der Waals surface area contributed by atoms with Crippen LogP contribution in [0.2, 0.25) is 0 Å². The van der Waals surface area contributed by atoms with Crippen LogP contribution >= 0.6 is 0 Å². The van der Waals surface area contributed by atoms with Crippen molar-refractivity contribution in [2.75, 3.05) is 6.61 Å². The Bertz CT molecular complexity index is 788. The first-order chi connectivity index (χ1) is 11.5. The number of halogens is 2. The maximum absolute atomic E-state index is 13.3. The number of benzene rings is 1. The van der Waals surface area contributed by atoms with Gasteiger partial charge in [0, 0.05) is 30.0 Å². The number of hydrogen-bond donors (Lipinski definition) is 1. The Labute approximate surface area is 137 Å². The van der Waals surface area contributed by atoms with Crippen LogP contribution in [0.4, 0.5) is 8.78 Å². The molecule has 4 rings (SSSR count). The molecule has 7 heteroatoms. The second kappa shape index (κ2) is 5.58. The fourth-order valence-electron chi connectivity index (χ4n) is 3.32. The first kappa shape index (κ1) is 15.1. The molecular formula is C17H17F2N3O2. The Morgan fingerprint density at radius 3 is 3.08 bits per heavy atom.